The lowest BCUT2D eigenvalue weighted by Gasteiger charge is -2.10. The average molecular weight is 529 g/mol. The number of amides is 2. The molecular formula is C30H44N2O6. The van der Waals surface area contributed by atoms with E-state index in [-0.39, 0.29) is 11.8 Å². The van der Waals surface area contributed by atoms with Crippen molar-refractivity contribution in [2.24, 2.45) is 0 Å². The van der Waals surface area contributed by atoms with Gasteiger partial charge < -0.3 is 29.6 Å². The number of benzene rings is 2. The first-order valence-electron chi connectivity index (χ1n) is 13.8. The van der Waals surface area contributed by atoms with E-state index in [2.05, 4.69) is 10.6 Å². The fourth-order valence-corrected chi connectivity index (χ4v) is 3.78. The maximum atomic E-state index is 12.3. The molecule has 2 amide bonds. The Labute approximate surface area is 227 Å². The third-order valence-corrected chi connectivity index (χ3v) is 5.69. The SMILES string of the molecule is CCOCCOc1cccc(NC(=O)CCCCCCCCC(=O)Nc2cccc(OCCOCC)c2)c1. The van der Waals surface area contributed by atoms with Crippen LogP contribution in [0.1, 0.15) is 65.2 Å². The summed E-state index contributed by atoms with van der Waals surface area (Å²) in [6.45, 7) is 7.27. The molecule has 210 valence electrons. The molecule has 0 unspecified atom stereocenters. The van der Waals surface area contributed by atoms with E-state index in [1.807, 2.05) is 62.4 Å². The molecule has 0 saturated heterocycles. The first-order valence-corrected chi connectivity index (χ1v) is 13.8. The number of hydrogen-bond donors (Lipinski definition) is 2. The van der Waals surface area contributed by atoms with Crippen molar-refractivity contribution < 1.29 is 28.5 Å². The highest BCUT2D eigenvalue weighted by atomic mass is 16.5. The minimum atomic E-state index is 0.0110. The monoisotopic (exact) mass is 528 g/mol. The Kier molecular flexibility index (Phi) is 16.3. The highest BCUT2D eigenvalue weighted by Crippen LogP contribution is 2.19. The normalized spacial score (nSPS) is 10.7. The summed E-state index contributed by atoms with van der Waals surface area (Å²) in [5.74, 6) is 1.45. The molecule has 8 nitrogen and oxygen atoms in total. The molecule has 8 heteroatoms. The topological polar surface area (TPSA) is 95.1 Å². The predicted molar refractivity (Wildman–Crippen MR) is 151 cm³/mol. The first-order chi connectivity index (χ1) is 18.6. The van der Waals surface area contributed by atoms with Crippen LogP contribution in [0.5, 0.6) is 11.5 Å². The van der Waals surface area contributed by atoms with E-state index in [0.717, 1.165) is 49.9 Å². The number of ether oxygens (including phenoxy) is 4. The van der Waals surface area contributed by atoms with E-state index < -0.39 is 0 Å². The lowest BCUT2D eigenvalue weighted by molar-refractivity contribution is -0.117. The van der Waals surface area contributed by atoms with Gasteiger partial charge in [-0.1, -0.05) is 37.8 Å². The van der Waals surface area contributed by atoms with Crippen LogP contribution in [0.3, 0.4) is 0 Å². The maximum absolute atomic E-state index is 12.3. The molecule has 0 radical (unpaired) electrons. The van der Waals surface area contributed by atoms with Crippen LogP contribution in [0.2, 0.25) is 0 Å². The number of anilines is 2. The molecule has 38 heavy (non-hydrogen) atoms. The van der Waals surface area contributed by atoms with E-state index in [4.69, 9.17) is 18.9 Å². The zero-order valence-corrected chi connectivity index (χ0v) is 23.0. The second-order valence-electron chi connectivity index (χ2n) is 8.86. The summed E-state index contributed by atoms with van der Waals surface area (Å²) in [6.07, 6.45) is 6.78. The largest absolute Gasteiger partial charge is 0.491 e. The van der Waals surface area contributed by atoms with E-state index >= 15 is 0 Å². The van der Waals surface area contributed by atoms with Gasteiger partial charge >= 0.3 is 0 Å². The van der Waals surface area contributed by atoms with Crippen molar-refractivity contribution in [3.05, 3.63) is 48.5 Å². The summed E-state index contributed by atoms with van der Waals surface area (Å²) < 4.78 is 21.8. The fourth-order valence-electron chi connectivity index (χ4n) is 3.78. The molecule has 0 aliphatic carbocycles. The van der Waals surface area contributed by atoms with Crippen molar-refractivity contribution in [2.75, 3.05) is 50.3 Å². The molecule has 2 rings (SSSR count). The smallest absolute Gasteiger partial charge is 0.224 e. The quantitative estimate of drug-likeness (QED) is 0.187. The fraction of sp³-hybridized carbons (Fsp3) is 0.533. The third-order valence-electron chi connectivity index (χ3n) is 5.69. The second-order valence-corrected chi connectivity index (χ2v) is 8.86. The molecule has 0 spiro atoms. The van der Waals surface area contributed by atoms with Gasteiger partial charge in [0.05, 0.1) is 13.2 Å². The van der Waals surface area contributed by atoms with Gasteiger partial charge in [-0.25, -0.2) is 0 Å². The van der Waals surface area contributed by atoms with Crippen LogP contribution in [0, 0.1) is 0 Å². The number of carbonyl (C=O) groups excluding carboxylic acids is 2. The van der Waals surface area contributed by atoms with E-state index in [1.165, 1.54) is 0 Å². The number of nitrogens with one attached hydrogen (secondary N) is 2. The Balaban J connectivity index is 1.50. The van der Waals surface area contributed by atoms with Crippen molar-refractivity contribution in [3.8, 4) is 11.5 Å². The van der Waals surface area contributed by atoms with Crippen LogP contribution in [0.4, 0.5) is 11.4 Å². The summed E-state index contributed by atoms with van der Waals surface area (Å²) in [5.41, 5.74) is 1.48. The Morgan fingerprint density at radius 3 is 1.45 bits per heavy atom. The molecule has 0 saturated carbocycles. The molecule has 0 atom stereocenters. The molecule has 0 aromatic heterocycles. The first kappa shape index (κ1) is 31.1. The summed E-state index contributed by atoms with van der Waals surface area (Å²) in [6, 6.07) is 14.8. The van der Waals surface area contributed by atoms with E-state index in [0.29, 0.717) is 64.0 Å². The van der Waals surface area contributed by atoms with Crippen LogP contribution in [-0.2, 0) is 19.1 Å². The molecule has 0 fully saturated rings. The second kappa shape index (κ2) is 19.9. The van der Waals surface area contributed by atoms with Gasteiger partial charge in [0.15, 0.2) is 0 Å². The van der Waals surface area contributed by atoms with Gasteiger partial charge in [-0.2, -0.15) is 0 Å². The average Bonchev–Trinajstić information content (AvgIpc) is 2.91. The lowest BCUT2D eigenvalue weighted by Crippen LogP contribution is -2.11. The van der Waals surface area contributed by atoms with Gasteiger partial charge in [0.2, 0.25) is 11.8 Å². The van der Waals surface area contributed by atoms with E-state index in [9.17, 15) is 9.59 Å². The maximum Gasteiger partial charge on any atom is 0.224 e. The van der Waals surface area contributed by atoms with Gasteiger partial charge in [-0.3, -0.25) is 9.59 Å². The number of rotatable bonds is 21. The summed E-state index contributed by atoms with van der Waals surface area (Å²) in [7, 11) is 0. The number of carbonyl (C=O) groups is 2. The molecule has 2 N–H and O–H groups in total. The molecule has 0 bridgehead atoms. The van der Waals surface area contributed by atoms with Crippen molar-refractivity contribution in [1.29, 1.82) is 0 Å². The summed E-state index contributed by atoms with van der Waals surface area (Å²) >= 11 is 0. The van der Waals surface area contributed by atoms with Gasteiger partial charge in [-0.15, -0.1) is 0 Å². The third kappa shape index (κ3) is 14.6. The summed E-state index contributed by atoms with van der Waals surface area (Å²) in [4.78, 5) is 24.5. The lowest BCUT2D eigenvalue weighted by atomic mass is 10.1. The van der Waals surface area contributed by atoms with E-state index in [1.54, 1.807) is 0 Å². The molecule has 0 aliphatic rings. The highest BCUT2D eigenvalue weighted by Gasteiger charge is 2.06. The molecule has 2 aromatic carbocycles. The van der Waals surface area contributed by atoms with Crippen molar-refractivity contribution >= 4 is 23.2 Å². The zero-order valence-electron chi connectivity index (χ0n) is 23.0. The zero-order chi connectivity index (χ0) is 27.3. The molecule has 0 aliphatic heterocycles. The highest BCUT2D eigenvalue weighted by molar-refractivity contribution is 5.91. The van der Waals surface area contributed by atoms with Crippen LogP contribution < -0.4 is 20.1 Å². The Bertz CT molecular complexity index is 861. The molecule has 2 aromatic rings. The Morgan fingerprint density at radius 1 is 0.605 bits per heavy atom. The van der Waals surface area contributed by atoms with Gasteiger partial charge in [-0.05, 0) is 51.0 Å². The minimum absolute atomic E-state index is 0.0110. The molecular weight excluding hydrogens is 484 g/mol. The van der Waals surface area contributed by atoms with Crippen molar-refractivity contribution in [1.82, 2.24) is 0 Å². The van der Waals surface area contributed by atoms with Gasteiger partial charge in [0, 0.05) is 49.6 Å². The Hall–Kier alpha value is -3.10. The Morgan fingerprint density at radius 2 is 1.03 bits per heavy atom. The van der Waals surface area contributed by atoms with Gasteiger partial charge in [0.1, 0.15) is 24.7 Å². The van der Waals surface area contributed by atoms with Crippen LogP contribution in [0.15, 0.2) is 48.5 Å². The van der Waals surface area contributed by atoms with Crippen LogP contribution >= 0.6 is 0 Å². The standard InChI is InChI=1S/C30H44N2O6/c1-3-35-19-21-37-27-15-11-13-25(23-27)31-29(33)17-9-7-5-6-8-10-18-30(34)32-26-14-12-16-28(24-26)38-22-20-36-4-2/h11-16,23-24H,3-10,17-22H2,1-2H3,(H,31,33)(H,32,34). The number of unbranched alkanes of at least 4 members (excludes halogenated alkanes) is 5. The predicted octanol–water partition coefficient (Wildman–Crippen LogP) is 6.22. The van der Waals surface area contributed by atoms with Crippen LogP contribution in [-0.4, -0.2) is 51.5 Å². The minimum Gasteiger partial charge on any atom is -0.491 e. The van der Waals surface area contributed by atoms with Crippen LogP contribution in [0.25, 0.3) is 0 Å². The van der Waals surface area contributed by atoms with Crippen molar-refractivity contribution in [3.63, 3.8) is 0 Å². The number of hydrogen-bond acceptors (Lipinski definition) is 6. The van der Waals surface area contributed by atoms with Gasteiger partial charge in [0.25, 0.3) is 0 Å². The summed E-state index contributed by atoms with van der Waals surface area (Å²) in [5, 5.41) is 5.88. The molecule has 0 heterocycles. The van der Waals surface area contributed by atoms with Crippen molar-refractivity contribution in [2.45, 2.75) is 65.2 Å².